The Hall–Kier alpha value is -3.02. The molecule has 6 heteroatoms. The van der Waals surface area contributed by atoms with Gasteiger partial charge < -0.3 is 20.3 Å². The molecule has 30 heavy (non-hydrogen) atoms. The van der Waals surface area contributed by atoms with Crippen molar-refractivity contribution >= 4 is 23.2 Å². The summed E-state index contributed by atoms with van der Waals surface area (Å²) in [7, 11) is 0. The molecular formula is C24H31N3O3. The zero-order valence-corrected chi connectivity index (χ0v) is 18.4. The molecule has 0 aliphatic carbocycles. The highest BCUT2D eigenvalue weighted by Gasteiger charge is 2.35. The van der Waals surface area contributed by atoms with Crippen molar-refractivity contribution in [3.63, 3.8) is 0 Å². The van der Waals surface area contributed by atoms with Gasteiger partial charge >= 0.3 is 0 Å². The van der Waals surface area contributed by atoms with Crippen molar-refractivity contribution in [2.45, 2.75) is 53.2 Å². The Morgan fingerprint density at radius 2 is 1.83 bits per heavy atom. The van der Waals surface area contributed by atoms with Gasteiger partial charge in [-0.25, -0.2) is 0 Å². The van der Waals surface area contributed by atoms with Crippen molar-refractivity contribution < 1.29 is 14.3 Å². The molecule has 0 bridgehead atoms. The summed E-state index contributed by atoms with van der Waals surface area (Å²) >= 11 is 0. The fourth-order valence-corrected chi connectivity index (χ4v) is 3.87. The van der Waals surface area contributed by atoms with Gasteiger partial charge in [-0.05, 0) is 57.4 Å². The second-order valence-corrected chi connectivity index (χ2v) is 7.96. The van der Waals surface area contributed by atoms with E-state index in [9.17, 15) is 9.59 Å². The van der Waals surface area contributed by atoms with Crippen LogP contribution < -0.4 is 20.3 Å². The molecule has 3 rings (SSSR count). The van der Waals surface area contributed by atoms with Gasteiger partial charge in [0.1, 0.15) is 11.8 Å². The average Bonchev–Trinajstić information content (AvgIpc) is 2.72. The number of para-hydroxylation sites is 2. The van der Waals surface area contributed by atoms with Gasteiger partial charge in [-0.2, -0.15) is 0 Å². The first-order valence-electron chi connectivity index (χ1n) is 10.5. The number of carbonyl (C=O) groups excluding carboxylic acids is 2. The van der Waals surface area contributed by atoms with Crippen LogP contribution >= 0.6 is 0 Å². The van der Waals surface area contributed by atoms with Crippen LogP contribution in [0.2, 0.25) is 0 Å². The molecule has 0 radical (unpaired) electrons. The van der Waals surface area contributed by atoms with Crippen LogP contribution in [-0.4, -0.2) is 37.0 Å². The summed E-state index contributed by atoms with van der Waals surface area (Å²) in [5, 5.41) is 5.98. The van der Waals surface area contributed by atoms with Crippen LogP contribution in [-0.2, 0) is 9.59 Å². The summed E-state index contributed by atoms with van der Waals surface area (Å²) in [4.78, 5) is 27.7. The molecule has 0 spiro atoms. The van der Waals surface area contributed by atoms with Crippen molar-refractivity contribution in [3.8, 4) is 5.75 Å². The zero-order valence-electron chi connectivity index (χ0n) is 18.4. The summed E-state index contributed by atoms with van der Waals surface area (Å²) in [6.07, 6.45) is 0.192. The highest BCUT2D eigenvalue weighted by atomic mass is 16.5. The lowest BCUT2D eigenvalue weighted by molar-refractivity contribution is -0.128. The number of nitrogens with one attached hydrogen (secondary N) is 2. The van der Waals surface area contributed by atoms with E-state index in [-0.39, 0.29) is 11.8 Å². The lowest BCUT2D eigenvalue weighted by Crippen LogP contribution is -2.54. The molecule has 2 aromatic carbocycles. The summed E-state index contributed by atoms with van der Waals surface area (Å²) < 4.78 is 5.94. The topological polar surface area (TPSA) is 70.7 Å². The predicted octanol–water partition coefficient (Wildman–Crippen LogP) is 3.73. The van der Waals surface area contributed by atoms with Crippen LogP contribution in [0, 0.1) is 20.8 Å². The number of fused-ring (bicyclic) bond motifs is 1. The van der Waals surface area contributed by atoms with Gasteiger partial charge in [-0.3, -0.25) is 9.59 Å². The van der Waals surface area contributed by atoms with Crippen molar-refractivity contribution in [1.29, 1.82) is 0 Å². The fraction of sp³-hybridized carbons (Fsp3) is 0.417. The molecule has 6 nitrogen and oxygen atoms in total. The van der Waals surface area contributed by atoms with Crippen molar-refractivity contribution in [3.05, 3.63) is 53.1 Å². The highest BCUT2D eigenvalue weighted by molar-refractivity contribution is 5.98. The molecule has 2 aromatic rings. The third-order valence-electron chi connectivity index (χ3n) is 5.42. The van der Waals surface area contributed by atoms with Crippen LogP contribution in [0.5, 0.6) is 5.75 Å². The minimum Gasteiger partial charge on any atom is -0.477 e. The molecule has 0 saturated heterocycles. The first-order chi connectivity index (χ1) is 14.3. The Balaban J connectivity index is 1.83. The number of anilines is 2. The molecule has 0 aromatic heterocycles. The number of rotatable bonds is 6. The summed E-state index contributed by atoms with van der Waals surface area (Å²) in [6, 6.07) is 11.2. The van der Waals surface area contributed by atoms with Crippen LogP contribution in [0.3, 0.4) is 0 Å². The van der Waals surface area contributed by atoms with E-state index >= 15 is 0 Å². The van der Waals surface area contributed by atoms with Gasteiger partial charge in [0.15, 0.2) is 6.10 Å². The van der Waals surface area contributed by atoms with E-state index in [1.807, 2.05) is 63.8 Å². The molecule has 2 amide bonds. The minimum absolute atomic E-state index is 0.116. The number of aryl methyl sites for hydroxylation is 3. The van der Waals surface area contributed by atoms with E-state index in [2.05, 4.69) is 22.8 Å². The van der Waals surface area contributed by atoms with Crippen molar-refractivity contribution in [2.75, 3.05) is 23.3 Å². The monoisotopic (exact) mass is 409 g/mol. The predicted molar refractivity (Wildman–Crippen MR) is 120 cm³/mol. The largest absolute Gasteiger partial charge is 0.477 e. The van der Waals surface area contributed by atoms with Gasteiger partial charge in [0.2, 0.25) is 5.91 Å². The molecule has 160 valence electrons. The Labute approximate surface area is 178 Å². The molecule has 1 heterocycles. The van der Waals surface area contributed by atoms with E-state index in [1.54, 1.807) is 0 Å². The number of nitrogens with zero attached hydrogens (tertiary/aromatic N) is 1. The number of amides is 2. The first kappa shape index (κ1) is 21.7. The summed E-state index contributed by atoms with van der Waals surface area (Å²) in [5.41, 5.74) is 4.90. The SMILES string of the molecule is CCCNC(=O)[C@H]1CN([C@@H](C)C(=O)Nc2c(C)cc(C)cc2C)c2ccccc2O1. The van der Waals surface area contributed by atoms with Crippen LogP contribution in [0.15, 0.2) is 36.4 Å². The summed E-state index contributed by atoms with van der Waals surface area (Å²) in [6.45, 7) is 10.8. The normalized spacial score (nSPS) is 16.3. The molecule has 0 fully saturated rings. The maximum atomic E-state index is 13.2. The van der Waals surface area contributed by atoms with Gasteiger partial charge in [-0.15, -0.1) is 0 Å². The number of carbonyl (C=O) groups is 2. The molecule has 0 saturated carbocycles. The highest BCUT2D eigenvalue weighted by Crippen LogP contribution is 2.35. The van der Waals surface area contributed by atoms with Crippen molar-refractivity contribution in [2.24, 2.45) is 0 Å². The Kier molecular flexibility index (Phi) is 6.65. The molecular weight excluding hydrogens is 378 g/mol. The van der Waals surface area contributed by atoms with Crippen molar-refractivity contribution in [1.82, 2.24) is 5.32 Å². The molecule has 2 atom stereocenters. The number of benzene rings is 2. The average molecular weight is 410 g/mol. The van der Waals surface area contributed by atoms with Gasteiger partial charge in [-0.1, -0.05) is 36.8 Å². The van der Waals surface area contributed by atoms with E-state index < -0.39 is 12.1 Å². The zero-order chi connectivity index (χ0) is 21.8. The summed E-state index contributed by atoms with van der Waals surface area (Å²) in [5.74, 6) is 0.339. The molecule has 2 N–H and O–H groups in total. The smallest absolute Gasteiger partial charge is 0.262 e. The molecule has 1 aliphatic rings. The van der Waals surface area contributed by atoms with E-state index in [1.165, 1.54) is 5.56 Å². The third-order valence-corrected chi connectivity index (χ3v) is 5.42. The van der Waals surface area contributed by atoms with Crippen LogP contribution in [0.1, 0.15) is 37.0 Å². The fourth-order valence-electron chi connectivity index (χ4n) is 3.87. The third kappa shape index (κ3) is 4.58. The standard InChI is InChI=1S/C24H31N3O3/c1-6-11-25-24(29)21-14-27(19-9-7-8-10-20(19)30-21)18(5)23(28)26-22-16(3)12-15(2)13-17(22)4/h7-10,12-13,18,21H,6,11,14H2,1-5H3,(H,25,29)(H,26,28)/t18-,21+/m0/s1. The number of hydrogen-bond donors (Lipinski definition) is 2. The number of hydrogen-bond acceptors (Lipinski definition) is 4. The van der Waals surface area contributed by atoms with Gasteiger partial charge in [0.25, 0.3) is 5.91 Å². The van der Waals surface area contributed by atoms with E-state index in [0.717, 1.165) is 28.9 Å². The Morgan fingerprint density at radius 1 is 1.17 bits per heavy atom. The maximum absolute atomic E-state index is 13.2. The van der Waals surface area contributed by atoms with Gasteiger partial charge in [0, 0.05) is 12.2 Å². The first-order valence-corrected chi connectivity index (χ1v) is 10.5. The lowest BCUT2D eigenvalue weighted by atomic mass is 10.0. The second-order valence-electron chi connectivity index (χ2n) is 7.96. The Morgan fingerprint density at radius 3 is 2.50 bits per heavy atom. The van der Waals surface area contributed by atoms with Gasteiger partial charge in [0.05, 0.1) is 12.2 Å². The maximum Gasteiger partial charge on any atom is 0.262 e. The quantitative estimate of drug-likeness (QED) is 0.763. The van der Waals surface area contributed by atoms with Crippen LogP contribution in [0.25, 0.3) is 0 Å². The second kappa shape index (κ2) is 9.20. The minimum atomic E-state index is -0.662. The van der Waals surface area contributed by atoms with E-state index in [0.29, 0.717) is 18.8 Å². The van der Waals surface area contributed by atoms with Crippen LogP contribution in [0.4, 0.5) is 11.4 Å². The Bertz CT molecular complexity index is 918. The number of ether oxygens (including phenoxy) is 1. The lowest BCUT2D eigenvalue weighted by Gasteiger charge is -2.38. The van der Waals surface area contributed by atoms with E-state index in [4.69, 9.17) is 4.74 Å². The molecule has 1 aliphatic heterocycles. The molecule has 0 unspecified atom stereocenters.